The quantitative estimate of drug-likeness (QED) is 0.804. The lowest BCUT2D eigenvalue weighted by Gasteiger charge is -2.12. The van der Waals surface area contributed by atoms with E-state index in [-0.39, 0.29) is 6.04 Å². The van der Waals surface area contributed by atoms with Gasteiger partial charge in [0, 0.05) is 6.04 Å². The van der Waals surface area contributed by atoms with Crippen LogP contribution >= 0.6 is 0 Å². The van der Waals surface area contributed by atoms with Crippen LogP contribution in [0.1, 0.15) is 18.9 Å². The summed E-state index contributed by atoms with van der Waals surface area (Å²) < 4.78 is 26.7. The molecule has 1 aromatic carbocycles. The van der Waals surface area contributed by atoms with Crippen molar-refractivity contribution in [2.75, 3.05) is 0 Å². The fourth-order valence-corrected chi connectivity index (χ4v) is 2.73. The van der Waals surface area contributed by atoms with Crippen molar-refractivity contribution in [1.29, 1.82) is 0 Å². The van der Waals surface area contributed by atoms with E-state index in [4.69, 9.17) is 0 Å². The Labute approximate surface area is 109 Å². The topological polar surface area (TPSA) is 46.2 Å². The molecule has 98 valence electrons. The first kappa shape index (κ1) is 14.7. The number of nitrogens with one attached hydrogen (secondary N) is 1. The van der Waals surface area contributed by atoms with Gasteiger partial charge in [-0.15, -0.1) is 0 Å². The molecule has 1 N–H and O–H groups in total. The van der Waals surface area contributed by atoms with E-state index in [0.717, 1.165) is 5.56 Å². The van der Waals surface area contributed by atoms with Crippen LogP contribution in [-0.2, 0) is 10.0 Å². The number of aryl methyl sites for hydroxylation is 1. The fourth-order valence-electron chi connectivity index (χ4n) is 1.48. The molecule has 0 heterocycles. The van der Waals surface area contributed by atoms with E-state index < -0.39 is 10.0 Å². The smallest absolute Gasteiger partial charge is 0.208 e. The molecule has 0 spiro atoms. The molecular formula is C14H19NO2S. The Morgan fingerprint density at radius 2 is 1.94 bits per heavy atom. The highest BCUT2D eigenvalue weighted by molar-refractivity contribution is 7.89. The van der Waals surface area contributed by atoms with E-state index in [1.165, 1.54) is 0 Å². The SMILES string of the molecule is C=C/C=C/CC(C)NS(=O)(=O)c1ccc(C)cc1. The van der Waals surface area contributed by atoms with Crippen molar-refractivity contribution in [3.63, 3.8) is 0 Å². The zero-order valence-corrected chi connectivity index (χ0v) is 11.6. The maximum atomic E-state index is 12.0. The summed E-state index contributed by atoms with van der Waals surface area (Å²) in [6.07, 6.45) is 5.99. The molecule has 0 amide bonds. The van der Waals surface area contributed by atoms with Crippen LogP contribution in [0.4, 0.5) is 0 Å². The average Bonchev–Trinajstić information content (AvgIpc) is 2.29. The lowest BCUT2D eigenvalue weighted by atomic mass is 10.2. The highest BCUT2D eigenvalue weighted by Gasteiger charge is 2.15. The van der Waals surface area contributed by atoms with Crippen molar-refractivity contribution in [3.05, 3.63) is 54.6 Å². The van der Waals surface area contributed by atoms with E-state index in [1.807, 2.05) is 19.9 Å². The van der Waals surface area contributed by atoms with Crippen molar-refractivity contribution in [2.24, 2.45) is 0 Å². The number of sulfonamides is 1. The Hall–Kier alpha value is -1.39. The van der Waals surface area contributed by atoms with Crippen molar-refractivity contribution < 1.29 is 8.42 Å². The normalized spacial score (nSPS) is 13.7. The fraction of sp³-hybridized carbons (Fsp3) is 0.286. The second-order valence-corrected chi connectivity index (χ2v) is 5.95. The number of benzene rings is 1. The highest BCUT2D eigenvalue weighted by atomic mass is 32.2. The van der Waals surface area contributed by atoms with Crippen molar-refractivity contribution in [2.45, 2.75) is 31.2 Å². The van der Waals surface area contributed by atoms with Gasteiger partial charge in [-0.05, 0) is 32.4 Å². The van der Waals surface area contributed by atoms with Gasteiger partial charge >= 0.3 is 0 Å². The standard InChI is InChI=1S/C14H19NO2S/c1-4-5-6-7-13(3)15-18(16,17)14-10-8-12(2)9-11-14/h4-6,8-11,13,15H,1,7H2,2-3H3/b6-5+. The molecule has 1 rings (SSSR count). The van der Waals surface area contributed by atoms with Crippen LogP contribution in [0.25, 0.3) is 0 Å². The van der Waals surface area contributed by atoms with Crippen LogP contribution < -0.4 is 4.72 Å². The largest absolute Gasteiger partial charge is 0.240 e. The third kappa shape index (κ3) is 4.47. The van der Waals surface area contributed by atoms with Gasteiger partial charge in [0.2, 0.25) is 10.0 Å². The lowest BCUT2D eigenvalue weighted by molar-refractivity contribution is 0.562. The summed E-state index contributed by atoms with van der Waals surface area (Å²) in [5.74, 6) is 0. The molecule has 0 bridgehead atoms. The van der Waals surface area contributed by atoms with Gasteiger partial charge in [0.25, 0.3) is 0 Å². The third-order valence-electron chi connectivity index (χ3n) is 2.45. The van der Waals surface area contributed by atoms with Crippen molar-refractivity contribution >= 4 is 10.0 Å². The van der Waals surface area contributed by atoms with E-state index in [2.05, 4.69) is 11.3 Å². The molecule has 0 aliphatic heterocycles. The van der Waals surface area contributed by atoms with Gasteiger partial charge in [-0.25, -0.2) is 13.1 Å². The summed E-state index contributed by atoms with van der Waals surface area (Å²) in [7, 11) is -3.42. The molecule has 0 aliphatic rings. The van der Waals surface area contributed by atoms with E-state index in [0.29, 0.717) is 11.3 Å². The molecule has 1 aromatic rings. The Bertz CT molecular complexity index is 515. The molecule has 4 heteroatoms. The number of rotatable bonds is 6. The second-order valence-electron chi connectivity index (χ2n) is 4.23. The first-order valence-electron chi connectivity index (χ1n) is 5.82. The van der Waals surface area contributed by atoms with E-state index in [1.54, 1.807) is 36.4 Å². The van der Waals surface area contributed by atoms with Gasteiger partial charge < -0.3 is 0 Å². The Balaban J connectivity index is 2.72. The van der Waals surface area contributed by atoms with Crippen molar-refractivity contribution in [1.82, 2.24) is 4.72 Å². The average molecular weight is 265 g/mol. The molecule has 3 nitrogen and oxygen atoms in total. The van der Waals surface area contributed by atoms with E-state index >= 15 is 0 Å². The summed E-state index contributed by atoms with van der Waals surface area (Å²) in [5.41, 5.74) is 1.04. The molecule has 0 fully saturated rings. The van der Waals surface area contributed by atoms with Gasteiger partial charge in [-0.1, -0.05) is 42.5 Å². The minimum Gasteiger partial charge on any atom is -0.208 e. The number of hydrogen-bond donors (Lipinski definition) is 1. The maximum absolute atomic E-state index is 12.0. The lowest BCUT2D eigenvalue weighted by Crippen LogP contribution is -2.32. The second kappa shape index (κ2) is 6.52. The molecule has 0 aromatic heterocycles. The Morgan fingerprint density at radius 1 is 1.33 bits per heavy atom. The van der Waals surface area contributed by atoms with Crippen LogP contribution in [0.2, 0.25) is 0 Å². The monoisotopic (exact) mass is 265 g/mol. The zero-order valence-electron chi connectivity index (χ0n) is 10.8. The predicted molar refractivity (Wildman–Crippen MR) is 74.9 cm³/mol. The van der Waals surface area contributed by atoms with Crippen LogP contribution in [0, 0.1) is 6.92 Å². The number of hydrogen-bond acceptors (Lipinski definition) is 2. The van der Waals surface area contributed by atoms with Crippen LogP contribution in [-0.4, -0.2) is 14.5 Å². The van der Waals surface area contributed by atoms with Crippen LogP contribution in [0.5, 0.6) is 0 Å². The molecular weight excluding hydrogens is 246 g/mol. The minimum absolute atomic E-state index is 0.146. The maximum Gasteiger partial charge on any atom is 0.240 e. The highest BCUT2D eigenvalue weighted by Crippen LogP contribution is 2.11. The summed E-state index contributed by atoms with van der Waals surface area (Å²) >= 11 is 0. The van der Waals surface area contributed by atoms with Crippen LogP contribution in [0.3, 0.4) is 0 Å². The summed E-state index contributed by atoms with van der Waals surface area (Å²) in [5, 5.41) is 0. The molecule has 1 atom stereocenters. The Kier molecular flexibility index (Phi) is 5.31. The van der Waals surface area contributed by atoms with Gasteiger partial charge in [-0.2, -0.15) is 0 Å². The van der Waals surface area contributed by atoms with Crippen LogP contribution in [0.15, 0.2) is 54.0 Å². The van der Waals surface area contributed by atoms with Gasteiger partial charge in [-0.3, -0.25) is 0 Å². The van der Waals surface area contributed by atoms with Gasteiger partial charge in [0.15, 0.2) is 0 Å². The molecule has 0 aliphatic carbocycles. The van der Waals surface area contributed by atoms with Crippen molar-refractivity contribution in [3.8, 4) is 0 Å². The summed E-state index contributed by atoms with van der Waals surface area (Å²) in [6.45, 7) is 7.32. The van der Waals surface area contributed by atoms with Gasteiger partial charge in [0.05, 0.1) is 4.90 Å². The van der Waals surface area contributed by atoms with E-state index in [9.17, 15) is 8.42 Å². The third-order valence-corrected chi connectivity index (χ3v) is 4.05. The first-order valence-corrected chi connectivity index (χ1v) is 7.30. The molecule has 0 radical (unpaired) electrons. The molecule has 1 unspecified atom stereocenters. The summed E-state index contributed by atoms with van der Waals surface area (Å²) in [4.78, 5) is 0.299. The predicted octanol–water partition coefficient (Wildman–Crippen LogP) is 2.79. The minimum atomic E-state index is -3.42. The Morgan fingerprint density at radius 3 is 2.50 bits per heavy atom. The molecule has 18 heavy (non-hydrogen) atoms. The summed E-state index contributed by atoms with van der Waals surface area (Å²) in [6, 6.07) is 6.66. The molecule has 0 saturated carbocycles. The number of allylic oxidation sites excluding steroid dienone is 2. The van der Waals surface area contributed by atoms with Gasteiger partial charge in [0.1, 0.15) is 0 Å². The molecule has 0 saturated heterocycles. The first-order chi connectivity index (χ1) is 8.45. The zero-order chi connectivity index (χ0) is 13.6.